The number of fused-ring (bicyclic) bond motifs is 1. The van der Waals surface area contributed by atoms with Gasteiger partial charge in [-0.1, -0.05) is 0 Å². The summed E-state index contributed by atoms with van der Waals surface area (Å²) < 4.78 is 16.9. The van der Waals surface area contributed by atoms with Gasteiger partial charge in [0.05, 0.1) is 16.8 Å². The monoisotopic (exact) mass is 352 g/mol. The molecule has 0 bridgehead atoms. The molecule has 0 saturated carbocycles. The maximum absolute atomic E-state index is 11.7. The highest BCUT2D eigenvalue weighted by Gasteiger charge is 2.18. The number of benzene rings is 1. The van der Waals surface area contributed by atoms with Gasteiger partial charge in [-0.15, -0.1) is 0 Å². The molecule has 0 aliphatic carbocycles. The van der Waals surface area contributed by atoms with Crippen molar-refractivity contribution in [2.24, 2.45) is 0 Å². The number of nitrogens with zero attached hydrogens (tertiary/aromatic N) is 1. The molecular formula is C14H13BrN2O4. The predicted molar refractivity (Wildman–Crippen MR) is 79.7 cm³/mol. The lowest BCUT2D eigenvalue weighted by Crippen LogP contribution is -2.16. The molecule has 6 nitrogen and oxygen atoms in total. The molecule has 2 aromatic rings. The predicted octanol–water partition coefficient (Wildman–Crippen LogP) is 2.12. The van der Waals surface area contributed by atoms with Crippen molar-refractivity contribution in [3.63, 3.8) is 0 Å². The van der Waals surface area contributed by atoms with E-state index in [4.69, 9.17) is 14.2 Å². The molecule has 0 fully saturated rings. The van der Waals surface area contributed by atoms with Crippen molar-refractivity contribution < 1.29 is 14.2 Å². The summed E-state index contributed by atoms with van der Waals surface area (Å²) in [5.41, 5.74) is 1.08. The summed E-state index contributed by atoms with van der Waals surface area (Å²) >= 11 is 3.45. The van der Waals surface area contributed by atoms with Gasteiger partial charge in [0.2, 0.25) is 0 Å². The molecule has 0 radical (unpaired) electrons. The number of hydrogen-bond acceptors (Lipinski definition) is 5. The van der Waals surface area contributed by atoms with E-state index < -0.39 is 0 Å². The second-order valence-electron chi connectivity index (χ2n) is 4.50. The lowest BCUT2D eigenvalue weighted by atomic mass is 10.1. The fourth-order valence-electron chi connectivity index (χ4n) is 2.11. The van der Waals surface area contributed by atoms with E-state index in [-0.39, 0.29) is 12.2 Å². The van der Waals surface area contributed by atoms with Gasteiger partial charge in [-0.25, -0.2) is 4.98 Å². The van der Waals surface area contributed by atoms with E-state index in [0.29, 0.717) is 36.2 Å². The molecular weight excluding hydrogens is 340 g/mol. The van der Waals surface area contributed by atoms with E-state index in [9.17, 15) is 4.79 Å². The minimum absolute atomic E-state index is 0.224. The molecule has 3 rings (SSSR count). The van der Waals surface area contributed by atoms with E-state index in [1.807, 2.05) is 6.07 Å². The minimum atomic E-state index is -0.224. The number of rotatable bonds is 3. The maximum Gasteiger partial charge on any atom is 0.251 e. The van der Waals surface area contributed by atoms with E-state index >= 15 is 0 Å². The first-order chi connectivity index (χ1) is 10.2. The molecule has 7 heteroatoms. The van der Waals surface area contributed by atoms with Crippen molar-refractivity contribution in [1.29, 1.82) is 0 Å². The minimum Gasteiger partial charge on any atom is -0.486 e. The highest BCUT2D eigenvalue weighted by atomic mass is 79.9. The fraction of sp³-hybridized carbons (Fsp3) is 0.286. The Morgan fingerprint density at radius 3 is 2.95 bits per heavy atom. The second kappa shape index (κ2) is 5.87. The summed E-state index contributed by atoms with van der Waals surface area (Å²) in [6, 6.07) is 5.05. The third-order valence-electron chi connectivity index (χ3n) is 2.96. The van der Waals surface area contributed by atoms with Gasteiger partial charge in [0.15, 0.2) is 11.5 Å². The van der Waals surface area contributed by atoms with Crippen LogP contribution in [0.25, 0.3) is 11.4 Å². The standard InChI is InChI=1S/C14H13BrN2O4/c1-19-7-9-6-12(18)17-14(16-9)8-4-10(15)13-11(5-8)20-2-3-21-13/h4-6H,2-3,7H2,1H3,(H,16,17,18). The molecule has 1 aliphatic rings. The number of aromatic amines is 1. The van der Waals surface area contributed by atoms with Crippen LogP contribution in [0, 0.1) is 0 Å². The normalized spacial score (nSPS) is 13.2. The second-order valence-corrected chi connectivity index (χ2v) is 5.35. The number of aromatic nitrogens is 2. The summed E-state index contributed by atoms with van der Waals surface area (Å²) in [6.07, 6.45) is 0. The molecule has 1 aromatic heterocycles. The summed E-state index contributed by atoms with van der Waals surface area (Å²) in [4.78, 5) is 18.8. The first kappa shape index (κ1) is 14.1. The molecule has 1 N–H and O–H groups in total. The van der Waals surface area contributed by atoms with Crippen LogP contribution in [0.5, 0.6) is 11.5 Å². The van der Waals surface area contributed by atoms with E-state index in [2.05, 4.69) is 25.9 Å². The Labute approximate surface area is 129 Å². The van der Waals surface area contributed by atoms with Crippen LogP contribution < -0.4 is 15.0 Å². The van der Waals surface area contributed by atoms with Gasteiger partial charge in [-0.05, 0) is 28.1 Å². The third kappa shape index (κ3) is 2.93. The van der Waals surface area contributed by atoms with Gasteiger partial charge in [0.1, 0.15) is 19.0 Å². The van der Waals surface area contributed by atoms with Gasteiger partial charge in [-0.3, -0.25) is 4.79 Å². The number of halogens is 1. The third-order valence-corrected chi connectivity index (χ3v) is 3.55. The van der Waals surface area contributed by atoms with Crippen LogP contribution in [0.15, 0.2) is 27.5 Å². The Kier molecular flexibility index (Phi) is 3.94. The average Bonchev–Trinajstić information content (AvgIpc) is 2.47. The molecule has 1 aromatic carbocycles. The van der Waals surface area contributed by atoms with Crippen molar-refractivity contribution >= 4 is 15.9 Å². The van der Waals surface area contributed by atoms with Crippen LogP contribution in [0.3, 0.4) is 0 Å². The molecule has 110 valence electrons. The van der Waals surface area contributed by atoms with E-state index in [1.165, 1.54) is 6.07 Å². The molecule has 0 spiro atoms. The first-order valence-corrected chi connectivity index (χ1v) is 7.15. The summed E-state index contributed by atoms with van der Waals surface area (Å²) in [7, 11) is 1.56. The Morgan fingerprint density at radius 1 is 1.33 bits per heavy atom. The quantitative estimate of drug-likeness (QED) is 0.915. The topological polar surface area (TPSA) is 73.4 Å². The van der Waals surface area contributed by atoms with Crippen LogP contribution in [-0.4, -0.2) is 30.3 Å². The first-order valence-electron chi connectivity index (χ1n) is 6.36. The van der Waals surface area contributed by atoms with Gasteiger partial charge in [0.25, 0.3) is 5.56 Å². The maximum atomic E-state index is 11.7. The van der Waals surface area contributed by atoms with Gasteiger partial charge >= 0.3 is 0 Å². The number of nitrogens with one attached hydrogen (secondary N) is 1. The van der Waals surface area contributed by atoms with Crippen molar-refractivity contribution in [3.8, 4) is 22.9 Å². The Bertz CT molecular complexity index is 729. The zero-order valence-corrected chi connectivity index (χ0v) is 12.9. The van der Waals surface area contributed by atoms with Crippen LogP contribution in [0.2, 0.25) is 0 Å². The highest BCUT2D eigenvalue weighted by molar-refractivity contribution is 9.10. The molecule has 1 aliphatic heterocycles. The lowest BCUT2D eigenvalue weighted by Gasteiger charge is -2.20. The SMILES string of the molecule is COCc1cc(=O)[nH]c(-c2cc(Br)c3c(c2)OCCO3)n1. The summed E-state index contributed by atoms with van der Waals surface area (Å²) in [5.74, 6) is 1.76. The average molecular weight is 353 g/mol. The summed E-state index contributed by atoms with van der Waals surface area (Å²) in [6.45, 7) is 1.29. The van der Waals surface area contributed by atoms with Crippen LogP contribution in [0.1, 0.15) is 5.69 Å². The number of methoxy groups -OCH3 is 1. The van der Waals surface area contributed by atoms with E-state index in [1.54, 1.807) is 13.2 Å². The van der Waals surface area contributed by atoms with Crippen molar-refractivity contribution in [3.05, 3.63) is 38.7 Å². The van der Waals surface area contributed by atoms with Crippen molar-refractivity contribution in [2.75, 3.05) is 20.3 Å². The van der Waals surface area contributed by atoms with Crippen LogP contribution in [0.4, 0.5) is 0 Å². The van der Waals surface area contributed by atoms with E-state index in [0.717, 1.165) is 10.0 Å². The Hall–Kier alpha value is -1.86. The molecule has 0 saturated heterocycles. The molecule has 0 atom stereocenters. The largest absolute Gasteiger partial charge is 0.486 e. The van der Waals surface area contributed by atoms with Gasteiger partial charge in [0, 0.05) is 18.7 Å². The Morgan fingerprint density at radius 2 is 2.14 bits per heavy atom. The van der Waals surface area contributed by atoms with Gasteiger partial charge < -0.3 is 19.2 Å². The molecule has 21 heavy (non-hydrogen) atoms. The van der Waals surface area contributed by atoms with Gasteiger partial charge in [-0.2, -0.15) is 0 Å². The molecule has 0 amide bonds. The fourth-order valence-corrected chi connectivity index (χ4v) is 2.67. The molecule has 0 unspecified atom stereocenters. The zero-order valence-electron chi connectivity index (χ0n) is 11.3. The molecule has 2 heterocycles. The smallest absolute Gasteiger partial charge is 0.251 e. The summed E-state index contributed by atoms with van der Waals surface area (Å²) in [5, 5.41) is 0. The van der Waals surface area contributed by atoms with Crippen molar-refractivity contribution in [1.82, 2.24) is 9.97 Å². The number of hydrogen-bond donors (Lipinski definition) is 1. The Balaban J connectivity index is 2.08. The van der Waals surface area contributed by atoms with Crippen LogP contribution >= 0.6 is 15.9 Å². The lowest BCUT2D eigenvalue weighted by molar-refractivity contribution is 0.170. The number of H-pyrrole nitrogens is 1. The zero-order chi connectivity index (χ0) is 14.8. The van der Waals surface area contributed by atoms with Crippen molar-refractivity contribution in [2.45, 2.75) is 6.61 Å². The highest BCUT2D eigenvalue weighted by Crippen LogP contribution is 2.40. The number of ether oxygens (including phenoxy) is 3. The van der Waals surface area contributed by atoms with Crippen LogP contribution in [-0.2, 0) is 11.3 Å².